The zero-order chi connectivity index (χ0) is 32.4. The first kappa shape index (κ1) is 32.0. The Labute approximate surface area is 270 Å². The Hall–Kier alpha value is -3.93. The largest absolute Gasteiger partial charge is 0.483 e. The Kier molecular flexibility index (Phi) is 9.35. The zero-order valence-electron chi connectivity index (χ0n) is 26.1. The molecule has 0 saturated carbocycles. The normalized spacial score (nSPS) is 19.8. The van der Waals surface area contributed by atoms with Gasteiger partial charge in [-0.2, -0.15) is 0 Å². The van der Waals surface area contributed by atoms with E-state index in [2.05, 4.69) is 4.98 Å². The average molecular weight is 650 g/mol. The Balaban J connectivity index is 1.44. The van der Waals surface area contributed by atoms with E-state index in [9.17, 15) is 18.4 Å². The third-order valence-corrected chi connectivity index (χ3v) is 9.48. The van der Waals surface area contributed by atoms with Crippen molar-refractivity contribution in [2.24, 2.45) is 0 Å². The molecule has 0 bridgehead atoms. The number of hydrogen-bond acceptors (Lipinski definition) is 7. The van der Waals surface area contributed by atoms with Crippen LogP contribution >= 0.6 is 11.3 Å². The molecular weight excluding hydrogens is 612 g/mol. The lowest BCUT2D eigenvalue weighted by atomic mass is 9.95. The summed E-state index contributed by atoms with van der Waals surface area (Å²) in [5.41, 5.74) is 0.333. The molecule has 2 aliphatic rings. The van der Waals surface area contributed by atoms with Crippen LogP contribution in [0.15, 0.2) is 65.7 Å². The van der Waals surface area contributed by atoms with Crippen LogP contribution in [0, 0.1) is 11.6 Å². The second-order valence-corrected chi connectivity index (χ2v) is 13.5. The van der Waals surface area contributed by atoms with Crippen LogP contribution in [-0.2, 0) is 28.0 Å². The van der Waals surface area contributed by atoms with Crippen molar-refractivity contribution in [2.45, 2.75) is 70.9 Å². The number of thiazole rings is 1. The molecule has 0 N–H and O–H groups in total. The van der Waals surface area contributed by atoms with Gasteiger partial charge >= 0.3 is 0 Å². The van der Waals surface area contributed by atoms with Gasteiger partial charge in [-0.1, -0.05) is 36.4 Å². The molecule has 0 aliphatic carbocycles. The van der Waals surface area contributed by atoms with Crippen molar-refractivity contribution in [3.63, 3.8) is 0 Å². The minimum absolute atomic E-state index is 0.0572. The van der Waals surface area contributed by atoms with E-state index in [0.717, 1.165) is 30.9 Å². The van der Waals surface area contributed by atoms with Crippen LogP contribution < -0.4 is 10.2 Å². The molecule has 11 heteroatoms. The molecule has 242 valence electrons. The lowest BCUT2D eigenvalue weighted by Crippen LogP contribution is -2.57. The minimum atomic E-state index is -0.779. The molecule has 1 fully saturated rings. The highest BCUT2D eigenvalue weighted by molar-refractivity contribution is 7.15. The lowest BCUT2D eigenvalue weighted by molar-refractivity contribution is -0.177. The summed E-state index contributed by atoms with van der Waals surface area (Å²) in [5, 5.41) is 0.403. The molecule has 4 heterocycles. The number of carbonyl (C=O) groups excluding carboxylic acids is 1. The predicted octanol–water partition coefficient (Wildman–Crippen LogP) is 6.54. The van der Waals surface area contributed by atoms with Crippen molar-refractivity contribution in [3.05, 3.63) is 104 Å². The number of fused-ring (bicyclic) bond motifs is 1. The molecule has 2 aromatic heterocycles. The summed E-state index contributed by atoms with van der Waals surface area (Å²) in [6.07, 6.45) is 5.89. The van der Waals surface area contributed by atoms with Crippen molar-refractivity contribution in [1.29, 1.82) is 0 Å². The summed E-state index contributed by atoms with van der Waals surface area (Å²) in [6, 6.07) is 12.8. The summed E-state index contributed by atoms with van der Waals surface area (Å²) >= 11 is 1.24. The van der Waals surface area contributed by atoms with E-state index in [4.69, 9.17) is 14.2 Å². The number of aromatic nitrogens is 2. The van der Waals surface area contributed by atoms with Gasteiger partial charge in [0.05, 0.1) is 17.7 Å². The van der Waals surface area contributed by atoms with Crippen molar-refractivity contribution in [3.8, 4) is 16.3 Å². The van der Waals surface area contributed by atoms with E-state index in [-0.39, 0.29) is 54.9 Å². The molecule has 46 heavy (non-hydrogen) atoms. The molecule has 4 aromatic rings. The predicted molar refractivity (Wildman–Crippen MR) is 171 cm³/mol. The molecular formula is C35H37F2N3O5S. The molecule has 0 spiro atoms. The number of halogens is 2. The third-order valence-electron chi connectivity index (χ3n) is 8.45. The van der Waals surface area contributed by atoms with E-state index in [1.54, 1.807) is 17.3 Å². The highest BCUT2D eigenvalue weighted by Crippen LogP contribution is 2.36. The Morgan fingerprint density at radius 1 is 1.13 bits per heavy atom. The molecule has 1 saturated heterocycles. The zero-order valence-corrected chi connectivity index (χ0v) is 26.9. The maximum atomic E-state index is 14.4. The molecule has 1 amide bonds. The summed E-state index contributed by atoms with van der Waals surface area (Å²) < 4.78 is 48.1. The van der Waals surface area contributed by atoms with Gasteiger partial charge in [0, 0.05) is 49.0 Å². The number of nitrogens with zero attached hydrogens (tertiary/aromatic N) is 3. The average Bonchev–Trinajstić information content (AvgIpc) is 3.51. The molecule has 2 unspecified atom stereocenters. The van der Waals surface area contributed by atoms with Crippen LogP contribution in [0.25, 0.3) is 10.6 Å². The van der Waals surface area contributed by atoms with E-state index < -0.39 is 22.6 Å². The number of benzene rings is 2. The van der Waals surface area contributed by atoms with Gasteiger partial charge in [0.25, 0.3) is 5.91 Å². The van der Waals surface area contributed by atoms with Gasteiger partial charge in [-0.3, -0.25) is 9.59 Å². The molecule has 2 atom stereocenters. The van der Waals surface area contributed by atoms with Crippen molar-refractivity contribution >= 4 is 17.2 Å². The fraction of sp³-hybridized carbons (Fsp3) is 0.400. The van der Waals surface area contributed by atoms with Gasteiger partial charge < -0.3 is 23.7 Å². The highest BCUT2D eigenvalue weighted by Gasteiger charge is 2.44. The summed E-state index contributed by atoms with van der Waals surface area (Å²) in [5.74, 6) is -1.66. The van der Waals surface area contributed by atoms with E-state index in [0.29, 0.717) is 28.6 Å². The smallest absolute Gasteiger partial charge is 0.274 e. The highest BCUT2D eigenvalue weighted by atomic mass is 32.1. The fourth-order valence-electron chi connectivity index (χ4n) is 5.90. The van der Waals surface area contributed by atoms with Gasteiger partial charge in [-0.05, 0) is 57.2 Å². The van der Waals surface area contributed by atoms with E-state index in [1.165, 1.54) is 23.5 Å². The topological polar surface area (TPSA) is 82.9 Å². The monoisotopic (exact) mass is 649 g/mol. The van der Waals surface area contributed by atoms with Crippen molar-refractivity contribution < 1.29 is 27.8 Å². The van der Waals surface area contributed by atoms with Crippen molar-refractivity contribution in [2.75, 3.05) is 19.8 Å². The van der Waals surface area contributed by atoms with Crippen LogP contribution in [0.5, 0.6) is 5.75 Å². The first-order chi connectivity index (χ1) is 22.1. The molecule has 0 radical (unpaired) electrons. The quantitative estimate of drug-likeness (QED) is 0.194. The first-order valence-corrected chi connectivity index (χ1v) is 16.3. The minimum Gasteiger partial charge on any atom is -0.483 e. The van der Waals surface area contributed by atoms with E-state index in [1.807, 2.05) is 55.7 Å². The molecule has 8 nitrogen and oxygen atoms in total. The molecule has 2 aromatic carbocycles. The number of rotatable bonds is 10. The number of hydrogen-bond donors (Lipinski definition) is 0. The first-order valence-electron chi connectivity index (χ1n) is 15.5. The number of carbonyl (C=O) groups is 1. The van der Waals surface area contributed by atoms with Crippen LogP contribution in [0.3, 0.4) is 0 Å². The maximum absolute atomic E-state index is 14.4. The summed E-state index contributed by atoms with van der Waals surface area (Å²) in [6.45, 7) is 7.18. The van der Waals surface area contributed by atoms with Gasteiger partial charge in [-0.15, -0.1) is 11.3 Å². The Morgan fingerprint density at radius 2 is 1.93 bits per heavy atom. The Bertz CT molecular complexity index is 1770. The standard InChI is InChI=1S/C35H37F2N3O5S/c1-22(2)39-20-35(3,21-45-29-11-7-8-14-43-29)40-18-27(33-38-17-26(46-33)15-24-12-13-25(36)16-28(24)37)31(41)32(30(40)34(39)42)44-19-23-9-5-4-6-10-23/h4-6,9-10,12-13,16-18,22,29H,7-8,11,14-15,19-21H2,1-3H3. The van der Waals surface area contributed by atoms with Gasteiger partial charge in [0.15, 0.2) is 17.7 Å². The Morgan fingerprint density at radius 3 is 2.65 bits per heavy atom. The van der Waals surface area contributed by atoms with Gasteiger partial charge in [0.2, 0.25) is 5.43 Å². The molecule has 6 rings (SSSR count). The second kappa shape index (κ2) is 13.4. The van der Waals surface area contributed by atoms with Crippen molar-refractivity contribution in [1.82, 2.24) is 14.5 Å². The van der Waals surface area contributed by atoms with E-state index >= 15 is 0 Å². The van der Waals surface area contributed by atoms with Crippen LogP contribution in [-0.4, -0.2) is 52.4 Å². The van der Waals surface area contributed by atoms with Crippen LogP contribution in [0.1, 0.15) is 66.5 Å². The SMILES string of the molecule is CC(C)N1CC(C)(COC2CCCCO2)n2cc(-c3ncc(Cc4ccc(F)cc4F)s3)c(=O)c(OCc3ccccc3)c2C1=O. The summed E-state index contributed by atoms with van der Waals surface area (Å²) in [4.78, 5) is 35.3. The third kappa shape index (κ3) is 6.63. The molecule has 2 aliphatic heterocycles. The number of amides is 1. The maximum Gasteiger partial charge on any atom is 0.274 e. The lowest BCUT2D eigenvalue weighted by Gasteiger charge is -2.45. The van der Waals surface area contributed by atoms with Crippen LogP contribution in [0.4, 0.5) is 8.78 Å². The second-order valence-electron chi connectivity index (χ2n) is 12.4. The fourth-order valence-corrected chi connectivity index (χ4v) is 6.84. The number of pyridine rings is 1. The van der Waals surface area contributed by atoms with Gasteiger partial charge in [-0.25, -0.2) is 13.8 Å². The van der Waals surface area contributed by atoms with Gasteiger partial charge in [0.1, 0.15) is 23.2 Å². The number of ether oxygens (including phenoxy) is 3. The van der Waals surface area contributed by atoms with Crippen LogP contribution in [0.2, 0.25) is 0 Å². The summed E-state index contributed by atoms with van der Waals surface area (Å²) in [7, 11) is 0.